The fourth-order valence-electron chi connectivity index (χ4n) is 4.38. The van der Waals surface area contributed by atoms with E-state index >= 15 is 0 Å². The van der Waals surface area contributed by atoms with E-state index in [1.54, 1.807) is 13.3 Å². The van der Waals surface area contributed by atoms with Gasteiger partial charge in [-0.3, -0.25) is 0 Å². The first-order chi connectivity index (χ1) is 12.7. The summed E-state index contributed by atoms with van der Waals surface area (Å²) in [4.78, 5) is 16.9. The molecule has 0 unspecified atom stereocenters. The van der Waals surface area contributed by atoms with Crippen LogP contribution in [0.3, 0.4) is 0 Å². The largest absolute Gasteiger partial charge is 0.497 e. The summed E-state index contributed by atoms with van der Waals surface area (Å²) in [5.41, 5.74) is 4.83. The van der Waals surface area contributed by atoms with Gasteiger partial charge in [0.15, 0.2) is 5.69 Å². The maximum atomic E-state index is 12.4. The van der Waals surface area contributed by atoms with Crippen LogP contribution >= 0.6 is 0 Å². The van der Waals surface area contributed by atoms with Crippen molar-refractivity contribution >= 4 is 17.3 Å². The van der Waals surface area contributed by atoms with Crippen LogP contribution in [-0.2, 0) is 4.74 Å². The van der Waals surface area contributed by atoms with E-state index in [0.717, 1.165) is 35.5 Å². The van der Waals surface area contributed by atoms with Gasteiger partial charge in [0.2, 0.25) is 0 Å². The Hall–Kier alpha value is -2.56. The third-order valence-electron chi connectivity index (χ3n) is 5.52. The zero-order valence-electron chi connectivity index (χ0n) is 15.2. The maximum Gasteiger partial charge on any atom is 0.357 e. The summed E-state index contributed by atoms with van der Waals surface area (Å²) in [5.74, 6) is 1.40. The summed E-state index contributed by atoms with van der Waals surface area (Å²) in [5, 5.41) is 3.50. The second-order valence-corrected chi connectivity index (χ2v) is 6.97. The standard InChI is InChI=1S/C21H24N2O3/c1-3-26-21(24)20-19-14-9-7-13(8-10-14)18(19)17(12-22-20)23-15-5-4-6-16(11-15)25-2/h4-6,11-14,23H,3,7-10H2,1-2H3. The Morgan fingerprint density at radius 2 is 1.92 bits per heavy atom. The second kappa shape index (κ2) is 6.98. The first-order valence-electron chi connectivity index (χ1n) is 9.32. The monoisotopic (exact) mass is 352 g/mol. The number of rotatable bonds is 5. The van der Waals surface area contributed by atoms with Crippen LogP contribution in [0.1, 0.15) is 66.1 Å². The van der Waals surface area contributed by atoms with Crippen molar-refractivity contribution in [3.8, 4) is 5.75 Å². The summed E-state index contributed by atoms with van der Waals surface area (Å²) in [7, 11) is 1.66. The minimum absolute atomic E-state index is 0.302. The quantitative estimate of drug-likeness (QED) is 0.786. The molecule has 1 heterocycles. The van der Waals surface area contributed by atoms with E-state index in [-0.39, 0.29) is 5.97 Å². The Bertz CT molecular complexity index is 826. The number of fused-ring (bicyclic) bond motifs is 2. The molecule has 1 aromatic heterocycles. The number of benzene rings is 1. The molecular weight excluding hydrogens is 328 g/mol. The number of carbonyl (C=O) groups excluding carboxylic acids is 1. The van der Waals surface area contributed by atoms with Crippen molar-refractivity contribution in [2.45, 2.75) is 44.4 Å². The summed E-state index contributed by atoms with van der Waals surface area (Å²) in [6.07, 6.45) is 6.40. The van der Waals surface area contributed by atoms with Crippen LogP contribution in [0.4, 0.5) is 11.4 Å². The molecule has 0 atom stereocenters. The van der Waals surface area contributed by atoms with Crippen LogP contribution in [0.2, 0.25) is 0 Å². The second-order valence-electron chi connectivity index (χ2n) is 6.97. The molecule has 0 saturated heterocycles. The van der Waals surface area contributed by atoms with Crippen LogP contribution in [0, 0.1) is 0 Å². The molecule has 1 N–H and O–H groups in total. The number of hydrogen-bond donors (Lipinski definition) is 1. The molecule has 5 rings (SSSR count). The van der Waals surface area contributed by atoms with E-state index in [4.69, 9.17) is 9.47 Å². The molecule has 0 amide bonds. The number of aromatic nitrogens is 1. The van der Waals surface area contributed by atoms with Crippen LogP contribution < -0.4 is 10.1 Å². The van der Waals surface area contributed by atoms with Gasteiger partial charge in [-0.25, -0.2) is 9.78 Å². The minimum Gasteiger partial charge on any atom is -0.497 e. The van der Waals surface area contributed by atoms with Crippen molar-refractivity contribution in [3.63, 3.8) is 0 Å². The normalized spacial score (nSPS) is 20.4. The van der Waals surface area contributed by atoms with Gasteiger partial charge in [0.25, 0.3) is 0 Å². The molecule has 1 saturated carbocycles. The first kappa shape index (κ1) is 16.9. The zero-order chi connectivity index (χ0) is 18.1. The van der Waals surface area contributed by atoms with E-state index < -0.39 is 0 Å². The highest BCUT2D eigenvalue weighted by Crippen LogP contribution is 2.52. The third kappa shape index (κ3) is 2.91. The molecule has 0 aliphatic heterocycles. The molecule has 3 aliphatic carbocycles. The van der Waals surface area contributed by atoms with Gasteiger partial charge in [-0.2, -0.15) is 0 Å². The lowest BCUT2D eigenvalue weighted by Gasteiger charge is -2.40. The Morgan fingerprint density at radius 1 is 1.19 bits per heavy atom. The maximum absolute atomic E-state index is 12.4. The number of hydrogen-bond acceptors (Lipinski definition) is 5. The third-order valence-corrected chi connectivity index (χ3v) is 5.52. The highest BCUT2D eigenvalue weighted by molar-refractivity contribution is 5.91. The van der Waals surface area contributed by atoms with Crippen LogP contribution in [0.5, 0.6) is 5.75 Å². The molecule has 5 heteroatoms. The lowest BCUT2D eigenvalue weighted by Crippen LogP contribution is -2.27. The van der Waals surface area contributed by atoms with E-state index in [1.165, 1.54) is 18.4 Å². The number of methoxy groups -OCH3 is 1. The Kier molecular flexibility index (Phi) is 4.53. The first-order valence-corrected chi connectivity index (χ1v) is 9.32. The number of carbonyl (C=O) groups is 1. The molecule has 5 nitrogen and oxygen atoms in total. The van der Waals surface area contributed by atoms with Gasteiger partial charge < -0.3 is 14.8 Å². The Balaban J connectivity index is 1.77. The molecular formula is C21H24N2O3. The number of ether oxygens (including phenoxy) is 2. The number of anilines is 2. The topological polar surface area (TPSA) is 60.5 Å². The highest BCUT2D eigenvalue weighted by atomic mass is 16.5. The molecule has 3 aliphatic rings. The Morgan fingerprint density at radius 3 is 2.62 bits per heavy atom. The van der Waals surface area contributed by atoms with Crippen molar-refractivity contribution in [3.05, 3.63) is 47.3 Å². The van der Waals surface area contributed by atoms with Gasteiger partial charge in [0.1, 0.15) is 5.75 Å². The molecule has 0 spiro atoms. The molecule has 1 aromatic carbocycles. The van der Waals surface area contributed by atoms with E-state index in [2.05, 4.69) is 10.3 Å². The Labute approximate surface area is 153 Å². The summed E-state index contributed by atoms with van der Waals surface area (Å²) < 4.78 is 10.6. The van der Waals surface area contributed by atoms with Gasteiger partial charge in [-0.1, -0.05) is 6.07 Å². The van der Waals surface area contributed by atoms with E-state index in [1.807, 2.05) is 31.2 Å². The fraction of sp³-hybridized carbons (Fsp3) is 0.429. The molecule has 26 heavy (non-hydrogen) atoms. The lowest BCUT2D eigenvalue weighted by atomic mass is 9.66. The van der Waals surface area contributed by atoms with Crippen molar-refractivity contribution in [1.82, 2.24) is 4.98 Å². The van der Waals surface area contributed by atoms with Gasteiger partial charge in [-0.15, -0.1) is 0 Å². The van der Waals surface area contributed by atoms with Crippen molar-refractivity contribution in [2.24, 2.45) is 0 Å². The highest BCUT2D eigenvalue weighted by Gasteiger charge is 2.38. The number of nitrogens with one attached hydrogen (secondary N) is 1. The average molecular weight is 352 g/mol. The number of esters is 1. The van der Waals surface area contributed by atoms with Crippen molar-refractivity contribution in [2.75, 3.05) is 19.0 Å². The summed E-state index contributed by atoms with van der Waals surface area (Å²) >= 11 is 0. The van der Waals surface area contributed by atoms with E-state index in [0.29, 0.717) is 24.1 Å². The average Bonchev–Trinajstić information content (AvgIpc) is 2.69. The predicted octanol–water partition coefficient (Wildman–Crippen LogP) is 4.77. The van der Waals surface area contributed by atoms with Gasteiger partial charge in [0, 0.05) is 11.8 Å². The van der Waals surface area contributed by atoms with Crippen LogP contribution in [0.25, 0.3) is 0 Å². The van der Waals surface area contributed by atoms with Gasteiger partial charge >= 0.3 is 5.97 Å². The van der Waals surface area contributed by atoms with Crippen LogP contribution in [-0.4, -0.2) is 24.7 Å². The molecule has 2 bridgehead atoms. The lowest BCUT2D eigenvalue weighted by molar-refractivity contribution is 0.0516. The van der Waals surface area contributed by atoms with Crippen molar-refractivity contribution in [1.29, 1.82) is 0 Å². The summed E-state index contributed by atoms with van der Waals surface area (Å²) in [6, 6.07) is 7.85. The van der Waals surface area contributed by atoms with Crippen LogP contribution in [0.15, 0.2) is 30.5 Å². The number of pyridine rings is 1. The molecule has 1 fully saturated rings. The van der Waals surface area contributed by atoms with E-state index in [9.17, 15) is 4.79 Å². The number of nitrogens with zero attached hydrogens (tertiary/aromatic N) is 1. The SMILES string of the molecule is CCOC(=O)c1ncc(Nc2cccc(OC)c2)c2c1C1CCC2CC1. The smallest absolute Gasteiger partial charge is 0.357 e. The molecule has 136 valence electrons. The summed E-state index contributed by atoms with van der Waals surface area (Å²) in [6.45, 7) is 2.20. The molecule has 0 radical (unpaired) electrons. The van der Waals surface area contributed by atoms with Crippen molar-refractivity contribution < 1.29 is 14.3 Å². The minimum atomic E-state index is -0.302. The fourth-order valence-corrected chi connectivity index (χ4v) is 4.38. The van der Waals surface area contributed by atoms with Gasteiger partial charge in [0.05, 0.1) is 25.6 Å². The van der Waals surface area contributed by atoms with Gasteiger partial charge in [-0.05, 0) is 67.7 Å². The molecule has 2 aromatic rings. The predicted molar refractivity (Wildman–Crippen MR) is 100 cm³/mol. The zero-order valence-corrected chi connectivity index (χ0v) is 15.2.